The molecule has 0 aliphatic carbocycles. The lowest BCUT2D eigenvalue weighted by Gasteiger charge is -2.15. The van der Waals surface area contributed by atoms with Gasteiger partial charge < -0.3 is 14.2 Å². The second kappa shape index (κ2) is 8.07. The Morgan fingerprint density at radius 2 is 1.93 bits per heavy atom. The molecule has 10 nitrogen and oxygen atoms in total. The summed E-state index contributed by atoms with van der Waals surface area (Å²) in [6, 6.07) is 4.40. The quantitative estimate of drug-likeness (QED) is 0.561. The molecule has 0 spiro atoms. The molecule has 3 aromatic rings. The van der Waals surface area contributed by atoms with Crippen LogP contribution in [-0.4, -0.2) is 51.3 Å². The van der Waals surface area contributed by atoms with Crippen LogP contribution >= 0.6 is 0 Å². The number of ether oxygens (including phenoxy) is 3. The maximum Gasteiger partial charge on any atom is 0.329 e. The van der Waals surface area contributed by atoms with Gasteiger partial charge in [-0.2, -0.15) is 4.68 Å². The van der Waals surface area contributed by atoms with Crippen molar-refractivity contribution in [2.45, 2.75) is 26.3 Å². The van der Waals surface area contributed by atoms with E-state index in [1.54, 1.807) is 39.2 Å². The fraction of sp³-hybridized carbons (Fsp3) is 0.389. The van der Waals surface area contributed by atoms with Crippen LogP contribution in [0.25, 0.3) is 16.9 Å². The van der Waals surface area contributed by atoms with E-state index in [2.05, 4.69) is 15.3 Å². The van der Waals surface area contributed by atoms with Gasteiger partial charge in [0.15, 0.2) is 22.7 Å². The van der Waals surface area contributed by atoms with Crippen molar-refractivity contribution >= 4 is 17.1 Å². The summed E-state index contributed by atoms with van der Waals surface area (Å²) in [6.07, 6.45) is 1.70. The minimum absolute atomic E-state index is 0.0556. The van der Waals surface area contributed by atoms with Crippen molar-refractivity contribution in [2.24, 2.45) is 0 Å². The molecule has 28 heavy (non-hydrogen) atoms. The monoisotopic (exact) mass is 387 g/mol. The Morgan fingerprint density at radius 3 is 2.57 bits per heavy atom. The van der Waals surface area contributed by atoms with Crippen molar-refractivity contribution in [1.82, 2.24) is 24.5 Å². The second-order valence-electron chi connectivity index (χ2n) is 5.85. The predicted octanol–water partition coefficient (Wildman–Crippen LogP) is 1.51. The van der Waals surface area contributed by atoms with Crippen molar-refractivity contribution in [3.63, 3.8) is 0 Å². The summed E-state index contributed by atoms with van der Waals surface area (Å²) < 4.78 is 18.2. The molecular formula is C18H21N5O5. The molecule has 0 radical (unpaired) electrons. The molecule has 2 aromatic heterocycles. The normalized spacial score (nSPS) is 12.0. The van der Waals surface area contributed by atoms with Crippen LogP contribution in [-0.2, 0) is 9.53 Å². The fourth-order valence-corrected chi connectivity index (χ4v) is 2.89. The highest BCUT2D eigenvalue weighted by Gasteiger charge is 2.24. The number of hydrogen-bond acceptors (Lipinski definition) is 8. The molecule has 0 fully saturated rings. The predicted molar refractivity (Wildman–Crippen MR) is 100.0 cm³/mol. The first-order chi connectivity index (χ1) is 13.5. The molecular weight excluding hydrogens is 366 g/mol. The molecule has 1 unspecified atom stereocenters. The third-order valence-electron chi connectivity index (χ3n) is 4.28. The number of methoxy groups -OCH3 is 2. The Morgan fingerprint density at radius 1 is 1.18 bits per heavy atom. The van der Waals surface area contributed by atoms with Crippen molar-refractivity contribution in [3.05, 3.63) is 34.9 Å². The third kappa shape index (κ3) is 3.28. The molecule has 3 rings (SSSR count). The lowest BCUT2D eigenvalue weighted by Crippen LogP contribution is -2.31. The zero-order valence-electron chi connectivity index (χ0n) is 16.1. The fourth-order valence-electron chi connectivity index (χ4n) is 2.89. The molecule has 1 aromatic carbocycles. The first-order valence-corrected chi connectivity index (χ1v) is 8.77. The van der Waals surface area contributed by atoms with Crippen molar-refractivity contribution in [1.29, 1.82) is 0 Å². The summed E-state index contributed by atoms with van der Waals surface area (Å²) in [5.41, 5.74) is 0.464. The number of benzene rings is 1. The van der Waals surface area contributed by atoms with Gasteiger partial charge in [-0.1, -0.05) is 12.1 Å². The van der Waals surface area contributed by atoms with Crippen LogP contribution in [0.4, 0.5) is 0 Å². The van der Waals surface area contributed by atoms with Gasteiger partial charge in [-0.3, -0.25) is 9.36 Å². The third-order valence-corrected chi connectivity index (χ3v) is 4.28. The molecule has 0 amide bonds. The Hall–Kier alpha value is -3.43. The van der Waals surface area contributed by atoms with E-state index in [9.17, 15) is 9.59 Å². The highest BCUT2D eigenvalue weighted by molar-refractivity contribution is 5.75. The average Bonchev–Trinajstić information content (AvgIpc) is 3.14. The second-order valence-corrected chi connectivity index (χ2v) is 5.85. The van der Waals surface area contributed by atoms with Crippen LogP contribution in [0, 0.1) is 0 Å². The molecule has 2 heterocycles. The number of rotatable bonds is 7. The average molecular weight is 387 g/mol. The topological polar surface area (TPSA) is 110 Å². The standard InChI is InChI=1S/C18H21N5O5/c1-5-12(18(25)28-6-2)22-10-19-16-15(17(22)24)20-21-23(16)11-7-8-13(26-3)14(9-11)27-4/h7-10,12H,5-6H2,1-4H3. The highest BCUT2D eigenvalue weighted by Crippen LogP contribution is 2.29. The molecule has 10 heteroatoms. The SMILES string of the molecule is CCOC(=O)C(CC)n1cnc2c(nnn2-c2ccc(OC)c(OC)c2)c1=O. The van der Waals surface area contributed by atoms with Crippen LogP contribution < -0.4 is 15.0 Å². The van der Waals surface area contributed by atoms with Gasteiger partial charge in [-0.15, -0.1) is 5.10 Å². The van der Waals surface area contributed by atoms with Gasteiger partial charge in [0, 0.05) is 6.07 Å². The molecule has 0 bridgehead atoms. The van der Waals surface area contributed by atoms with Crippen molar-refractivity contribution in [2.75, 3.05) is 20.8 Å². The van der Waals surface area contributed by atoms with Gasteiger partial charge in [-0.05, 0) is 25.5 Å². The number of esters is 1. The van der Waals surface area contributed by atoms with E-state index in [1.165, 1.54) is 22.7 Å². The number of fused-ring (bicyclic) bond motifs is 1. The minimum Gasteiger partial charge on any atom is -0.493 e. The highest BCUT2D eigenvalue weighted by atomic mass is 16.5. The largest absolute Gasteiger partial charge is 0.493 e. The van der Waals surface area contributed by atoms with Crippen molar-refractivity contribution < 1.29 is 19.0 Å². The zero-order chi connectivity index (χ0) is 20.3. The number of carbonyl (C=O) groups is 1. The summed E-state index contributed by atoms with van der Waals surface area (Å²) in [5.74, 6) is 0.581. The summed E-state index contributed by atoms with van der Waals surface area (Å²) in [4.78, 5) is 29.3. The van der Waals surface area contributed by atoms with E-state index in [0.29, 0.717) is 23.6 Å². The van der Waals surface area contributed by atoms with Gasteiger partial charge in [-0.25, -0.2) is 9.78 Å². The molecule has 0 aliphatic heterocycles. The van der Waals surface area contributed by atoms with Gasteiger partial charge in [0.1, 0.15) is 12.4 Å². The summed E-state index contributed by atoms with van der Waals surface area (Å²) in [7, 11) is 3.07. The number of nitrogens with zero attached hydrogens (tertiary/aromatic N) is 5. The van der Waals surface area contributed by atoms with Crippen LogP contribution in [0.3, 0.4) is 0 Å². The first kappa shape index (κ1) is 19.3. The number of aromatic nitrogens is 5. The summed E-state index contributed by atoms with van der Waals surface area (Å²) in [6.45, 7) is 3.73. The maximum atomic E-state index is 12.9. The number of carbonyl (C=O) groups excluding carboxylic acids is 1. The van der Waals surface area contributed by atoms with Gasteiger partial charge >= 0.3 is 5.97 Å². The summed E-state index contributed by atoms with van der Waals surface area (Å²) in [5, 5.41) is 8.01. The van der Waals surface area contributed by atoms with Crippen LogP contribution in [0.15, 0.2) is 29.3 Å². The van der Waals surface area contributed by atoms with E-state index >= 15 is 0 Å². The molecule has 148 valence electrons. The van der Waals surface area contributed by atoms with Crippen molar-refractivity contribution in [3.8, 4) is 17.2 Å². The Kier molecular flexibility index (Phi) is 5.57. The lowest BCUT2D eigenvalue weighted by molar-refractivity contribution is -0.147. The molecule has 1 atom stereocenters. The van der Waals surface area contributed by atoms with Gasteiger partial charge in [0.2, 0.25) is 0 Å². The van der Waals surface area contributed by atoms with Gasteiger partial charge in [0.05, 0.1) is 26.5 Å². The lowest BCUT2D eigenvalue weighted by atomic mass is 10.2. The summed E-state index contributed by atoms with van der Waals surface area (Å²) >= 11 is 0. The smallest absolute Gasteiger partial charge is 0.329 e. The van der Waals surface area contributed by atoms with E-state index in [4.69, 9.17) is 14.2 Å². The molecule has 0 saturated heterocycles. The first-order valence-electron chi connectivity index (χ1n) is 8.77. The molecule has 0 aliphatic rings. The Balaban J connectivity index is 2.09. The zero-order valence-corrected chi connectivity index (χ0v) is 16.1. The number of hydrogen-bond donors (Lipinski definition) is 0. The van der Waals surface area contributed by atoms with E-state index in [0.717, 1.165) is 0 Å². The molecule has 0 N–H and O–H groups in total. The molecule has 0 saturated carbocycles. The van der Waals surface area contributed by atoms with E-state index in [1.807, 2.05) is 0 Å². The van der Waals surface area contributed by atoms with Crippen LogP contribution in [0.1, 0.15) is 26.3 Å². The maximum absolute atomic E-state index is 12.9. The van der Waals surface area contributed by atoms with E-state index in [-0.39, 0.29) is 17.8 Å². The Bertz CT molecular complexity index is 1060. The van der Waals surface area contributed by atoms with Gasteiger partial charge in [0.25, 0.3) is 5.56 Å². The van der Waals surface area contributed by atoms with Crippen LogP contribution in [0.2, 0.25) is 0 Å². The van der Waals surface area contributed by atoms with E-state index < -0.39 is 17.6 Å². The van der Waals surface area contributed by atoms with Crippen LogP contribution in [0.5, 0.6) is 11.5 Å². The minimum atomic E-state index is -0.768. The Labute approximate surface area is 160 Å².